The number of nitrogens with zero attached hydrogens (tertiary/aromatic N) is 1. The molecule has 0 spiro atoms. The first kappa shape index (κ1) is 26.0. The van der Waals surface area contributed by atoms with Crippen molar-refractivity contribution in [2.24, 2.45) is 5.92 Å². The molecule has 0 aliphatic carbocycles. The lowest BCUT2D eigenvalue weighted by Gasteiger charge is -2.32. The molecule has 0 aromatic heterocycles. The van der Waals surface area contributed by atoms with Gasteiger partial charge in [0.2, 0.25) is 10.0 Å². The van der Waals surface area contributed by atoms with Crippen LogP contribution in [0.15, 0.2) is 47.4 Å². The van der Waals surface area contributed by atoms with Crippen molar-refractivity contribution in [2.45, 2.75) is 36.9 Å². The van der Waals surface area contributed by atoms with Crippen LogP contribution in [-0.2, 0) is 14.8 Å². The average Bonchev–Trinajstić information content (AvgIpc) is 2.72. The molecular formula is C21H27F3N2O5S. The van der Waals surface area contributed by atoms with Gasteiger partial charge in [-0.25, -0.2) is 17.9 Å². The lowest BCUT2D eigenvalue weighted by molar-refractivity contribution is -0.192. The number of hydrogen-bond acceptors (Lipinski definition) is 5. The fourth-order valence-corrected chi connectivity index (χ4v) is 4.83. The normalized spacial score (nSPS) is 18.6. The quantitative estimate of drug-likeness (QED) is 0.592. The van der Waals surface area contributed by atoms with E-state index in [2.05, 4.69) is 16.5 Å². The van der Waals surface area contributed by atoms with Crippen LogP contribution in [0.3, 0.4) is 0 Å². The van der Waals surface area contributed by atoms with Crippen molar-refractivity contribution in [1.82, 2.24) is 9.62 Å². The fourth-order valence-electron chi connectivity index (χ4n) is 3.53. The van der Waals surface area contributed by atoms with Gasteiger partial charge in [0.15, 0.2) is 0 Å². The van der Waals surface area contributed by atoms with Gasteiger partial charge in [-0.1, -0.05) is 43.3 Å². The predicted octanol–water partition coefficient (Wildman–Crippen LogP) is 2.84. The highest BCUT2D eigenvalue weighted by Crippen LogP contribution is 2.22. The number of rotatable bonds is 6. The van der Waals surface area contributed by atoms with Crippen LogP contribution in [0.4, 0.5) is 13.2 Å². The van der Waals surface area contributed by atoms with Gasteiger partial charge in [0, 0.05) is 25.0 Å². The Kier molecular flexibility index (Phi) is 9.02. The monoisotopic (exact) mass is 476 g/mol. The van der Waals surface area contributed by atoms with Crippen LogP contribution in [0.2, 0.25) is 0 Å². The van der Waals surface area contributed by atoms with Gasteiger partial charge in [0.05, 0.1) is 11.0 Å². The molecule has 1 saturated heterocycles. The molecular weight excluding hydrogens is 449 g/mol. The molecule has 0 bridgehead atoms. The number of fused-ring (bicyclic) bond motifs is 1. The largest absolute Gasteiger partial charge is 0.490 e. The maximum absolute atomic E-state index is 12.7. The number of aliphatic carboxylic acids is 1. The summed E-state index contributed by atoms with van der Waals surface area (Å²) in [7, 11) is -3.66. The number of carbonyl (C=O) groups is 1. The van der Waals surface area contributed by atoms with Crippen molar-refractivity contribution in [3.63, 3.8) is 0 Å². The molecule has 1 heterocycles. The van der Waals surface area contributed by atoms with Gasteiger partial charge < -0.3 is 15.1 Å². The highest BCUT2D eigenvalue weighted by atomic mass is 32.2. The molecule has 0 radical (unpaired) electrons. The Morgan fingerprint density at radius 2 is 1.84 bits per heavy atom. The van der Waals surface area contributed by atoms with Crippen molar-refractivity contribution >= 4 is 26.8 Å². The molecule has 1 aliphatic heterocycles. The van der Waals surface area contributed by atoms with Gasteiger partial charge in [0.1, 0.15) is 0 Å². The fraction of sp³-hybridized carbons (Fsp3) is 0.476. The smallest absolute Gasteiger partial charge is 0.475 e. The van der Waals surface area contributed by atoms with Crippen LogP contribution in [0, 0.1) is 5.92 Å². The van der Waals surface area contributed by atoms with Gasteiger partial charge in [0.25, 0.3) is 0 Å². The second kappa shape index (κ2) is 11.1. The summed E-state index contributed by atoms with van der Waals surface area (Å²) in [6, 6.07) is 12.6. The number of sulfonamides is 1. The van der Waals surface area contributed by atoms with Crippen LogP contribution in [0.1, 0.15) is 19.8 Å². The molecule has 2 aromatic rings. The lowest BCUT2D eigenvalue weighted by atomic mass is 10.00. The van der Waals surface area contributed by atoms with Gasteiger partial charge in [-0.3, -0.25) is 0 Å². The third-order valence-corrected chi connectivity index (χ3v) is 6.48. The molecule has 2 atom stereocenters. The minimum atomic E-state index is -5.08. The summed E-state index contributed by atoms with van der Waals surface area (Å²) in [5.41, 5.74) is 0. The molecule has 0 saturated carbocycles. The van der Waals surface area contributed by atoms with Crippen molar-refractivity contribution < 1.29 is 36.6 Å². The van der Waals surface area contributed by atoms with E-state index in [0.717, 1.165) is 24.9 Å². The zero-order chi connectivity index (χ0) is 23.9. The molecule has 178 valence electrons. The molecule has 3 N–H and O–H groups in total. The number of aliphatic hydroxyl groups is 1. The topological polar surface area (TPSA) is 107 Å². The van der Waals surface area contributed by atoms with E-state index >= 15 is 0 Å². The first-order valence-electron chi connectivity index (χ1n) is 10.1. The van der Waals surface area contributed by atoms with Gasteiger partial charge in [-0.05, 0) is 36.8 Å². The average molecular weight is 477 g/mol. The number of benzene rings is 2. The van der Waals surface area contributed by atoms with Crippen molar-refractivity contribution in [1.29, 1.82) is 0 Å². The maximum atomic E-state index is 12.7. The summed E-state index contributed by atoms with van der Waals surface area (Å²) in [5.74, 6) is -2.12. The lowest BCUT2D eigenvalue weighted by Crippen LogP contribution is -2.43. The number of carboxylic acid groups (broad SMARTS) is 1. The van der Waals surface area contributed by atoms with E-state index in [1.807, 2.05) is 24.3 Å². The summed E-state index contributed by atoms with van der Waals surface area (Å²) >= 11 is 0. The van der Waals surface area contributed by atoms with E-state index in [9.17, 15) is 26.7 Å². The van der Waals surface area contributed by atoms with Crippen LogP contribution < -0.4 is 4.72 Å². The number of nitrogens with one attached hydrogen (secondary N) is 1. The summed E-state index contributed by atoms with van der Waals surface area (Å²) in [6.07, 6.45) is -3.44. The highest BCUT2D eigenvalue weighted by Gasteiger charge is 2.38. The zero-order valence-electron chi connectivity index (χ0n) is 17.5. The van der Waals surface area contributed by atoms with Crippen LogP contribution in [0.25, 0.3) is 10.8 Å². The SMILES string of the molecule is CC1CCCN(C[C@@H](O)CNS(=O)(=O)c2cccc3ccccc23)C1.O=C(O)C(F)(F)F. The summed E-state index contributed by atoms with van der Waals surface area (Å²) in [4.78, 5) is 11.4. The molecule has 2 aromatic carbocycles. The van der Waals surface area contributed by atoms with Crippen LogP contribution >= 0.6 is 0 Å². The minimum Gasteiger partial charge on any atom is -0.475 e. The number of carboxylic acids is 1. The van der Waals surface area contributed by atoms with Gasteiger partial charge in [-0.15, -0.1) is 0 Å². The molecule has 1 aliphatic rings. The second-order valence-corrected chi connectivity index (χ2v) is 9.53. The summed E-state index contributed by atoms with van der Waals surface area (Å²) in [5, 5.41) is 18.9. The van der Waals surface area contributed by atoms with E-state index in [-0.39, 0.29) is 11.4 Å². The molecule has 0 amide bonds. The summed E-state index contributed by atoms with van der Waals surface area (Å²) in [6.45, 7) is 4.67. The number of hydrogen-bond donors (Lipinski definition) is 3. The molecule has 11 heteroatoms. The Balaban J connectivity index is 0.000000451. The first-order chi connectivity index (χ1) is 14.9. The highest BCUT2D eigenvalue weighted by molar-refractivity contribution is 7.89. The Hall–Kier alpha value is -2.21. The van der Waals surface area contributed by atoms with Crippen molar-refractivity contribution in [3.8, 4) is 0 Å². The second-order valence-electron chi connectivity index (χ2n) is 7.79. The number of alkyl halides is 3. The van der Waals surface area contributed by atoms with E-state index in [4.69, 9.17) is 9.90 Å². The van der Waals surface area contributed by atoms with E-state index < -0.39 is 28.3 Å². The molecule has 32 heavy (non-hydrogen) atoms. The number of β-amino-alcohol motifs (C(OH)–C–C–N with tert-alkyl or cyclic N) is 1. The van der Waals surface area contributed by atoms with E-state index in [1.165, 1.54) is 6.42 Å². The summed E-state index contributed by atoms with van der Waals surface area (Å²) < 4.78 is 59.6. The first-order valence-corrected chi connectivity index (χ1v) is 11.6. The van der Waals surface area contributed by atoms with Crippen molar-refractivity contribution in [2.75, 3.05) is 26.2 Å². The number of halogens is 3. The van der Waals surface area contributed by atoms with Crippen molar-refractivity contribution in [3.05, 3.63) is 42.5 Å². The molecule has 1 fully saturated rings. The third kappa shape index (κ3) is 7.73. The van der Waals surface area contributed by atoms with Crippen LogP contribution in [-0.4, -0.2) is 68.0 Å². The van der Waals surface area contributed by atoms with Crippen LogP contribution in [0.5, 0.6) is 0 Å². The number of piperidine rings is 1. The molecule has 1 unspecified atom stereocenters. The molecule has 3 rings (SSSR count). The predicted molar refractivity (Wildman–Crippen MR) is 114 cm³/mol. The Morgan fingerprint density at radius 3 is 2.47 bits per heavy atom. The Labute approximate surface area is 184 Å². The Bertz CT molecular complexity index is 1010. The maximum Gasteiger partial charge on any atom is 0.490 e. The zero-order valence-corrected chi connectivity index (χ0v) is 18.4. The van der Waals surface area contributed by atoms with Gasteiger partial charge in [-0.2, -0.15) is 13.2 Å². The number of aliphatic hydroxyl groups excluding tert-OH is 1. The van der Waals surface area contributed by atoms with E-state index in [1.54, 1.807) is 18.2 Å². The van der Waals surface area contributed by atoms with Gasteiger partial charge >= 0.3 is 12.1 Å². The molecule has 7 nitrogen and oxygen atoms in total. The minimum absolute atomic E-state index is 0.0242. The van der Waals surface area contributed by atoms with E-state index in [0.29, 0.717) is 17.8 Å². The standard InChI is InChI=1S/C19H26N2O3S.C2HF3O2/c1-15-6-5-11-21(13-15)14-17(22)12-20-25(23,24)19-10-4-8-16-7-2-3-9-18(16)19;3-2(4,5)1(6)7/h2-4,7-10,15,17,20,22H,5-6,11-14H2,1H3;(H,6,7)/t15?,17-;/m0./s1. The number of likely N-dealkylation sites (tertiary alicyclic amines) is 1. The Morgan fingerprint density at radius 1 is 1.22 bits per heavy atom. The third-order valence-electron chi connectivity index (χ3n) is 5.00.